The summed E-state index contributed by atoms with van der Waals surface area (Å²) in [6, 6.07) is 4.66. The van der Waals surface area contributed by atoms with Crippen molar-refractivity contribution < 1.29 is 13.6 Å². The van der Waals surface area contributed by atoms with Crippen molar-refractivity contribution >= 4 is 17.3 Å². The minimum atomic E-state index is -2.46. The van der Waals surface area contributed by atoms with E-state index in [0.717, 1.165) is 0 Å². The summed E-state index contributed by atoms with van der Waals surface area (Å²) in [5.74, 6) is -0.193. The molecule has 0 bridgehead atoms. The molecule has 1 aromatic rings. The first kappa shape index (κ1) is 14.2. The Morgan fingerprint density at radius 3 is 2.44 bits per heavy atom. The molecule has 4 nitrogen and oxygen atoms in total. The van der Waals surface area contributed by atoms with Crippen LogP contribution in [0.25, 0.3) is 0 Å². The maximum Gasteiger partial charge on any atom is 0.255 e. The largest absolute Gasteiger partial charge is 0.397 e. The highest BCUT2D eigenvalue weighted by Gasteiger charge is 2.15. The fraction of sp³-hybridized carbons (Fsp3) is 0.417. The maximum absolute atomic E-state index is 12.3. The van der Waals surface area contributed by atoms with Crippen molar-refractivity contribution in [2.45, 2.75) is 6.43 Å². The Balaban J connectivity index is 3.05. The Morgan fingerprint density at radius 2 is 1.94 bits per heavy atom. The SMILES string of the molecule is CN(C)C(=O)c1ccc(N)c(N(C)CC(F)F)c1. The van der Waals surface area contributed by atoms with Crippen molar-refractivity contribution in [2.24, 2.45) is 0 Å². The molecule has 0 atom stereocenters. The topological polar surface area (TPSA) is 49.6 Å². The van der Waals surface area contributed by atoms with Gasteiger partial charge in [-0.1, -0.05) is 0 Å². The standard InChI is InChI=1S/C12H17F2N3O/c1-16(2)12(18)8-4-5-9(15)10(6-8)17(3)7-11(13)14/h4-6,11H,7,15H2,1-3H3. The monoisotopic (exact) mass is 257 g/mol. The van der Waals surface area contributed by atoms with Gasteiger partial charge in [-0.25, -0.2) is 8.78 Å². The number of rotatable bonds is 4. The van der Waals surface area contributed by atoms with Crippen LogP contribution in [0, 0.1) is 0 Å². The molecule has 1 rings (SSSR count). The third-order valence-electron chi connectivity index (χ3n) is 2.51. The molecule has 6 heteroatoms. The third-order valence-corrected chi connectivity index (χ3v) is 2.51. The number of hydrogen-bond donors (Lipinski definition) is 1. The molecule has 0 radical (unpaired) electrons. The van der Waals surface area contributed by atoms with Gasteiger partial charge in [-0.3, -0.25) is 4.79 Å². The van der Waals surface area contributed by atoms with Crippen molar-refractivity contribution in [3.8, 4) is 0 Å². The first-order valence-electron chi connectivity index (χ1n) is 5.43. The second kappa shape index (κ2) is 5.66. The van der Waals surface area contributed by atoms with Crippen LogP contribution in [0.5, 0.6) is 0 Å². The van der Waals surface area contributed by atoms with E-state index in [-0.39, 0.29) is 5.91 Å². The first-order chi connectivity index (χ1) is 8.32. The lowest BCUT2D eigenvalue weighted by Gasteiger charge is -2.21. The number of halogens is 2. The summed E-state index contributed by atoms with van der Waals surface area (Å²) in [6.45, 7) is -0.427. The highest BCUT2D eigenvalue weighted by atomic mass is 19.3. The summed E-state index contributed by atoms with van der Waals surface area (Å²) in [5, 5.41) is 0. The highest BCUT2D eigenvalue weighted by Crippen LogP contribution is 2.24. The number of amides is 1. The number of nitrogens with two attached hydrogens (primary N) is 1. The van der Waals surface area contributed by atoms with E-state index < -0.39 is 13.0 Å². The van der Waals surface area contributed by atoms with Gasteiger partial charge >= 0.3 is 0 Å². The molecule has 0 aliphatic carbocycles. The zero-order valence-electron chi connectivity index (χ0n) is 10.7. The van der Waals surface area contributed by atoms with E-state index in [4.69, 9.17) is 5.73 Å². The molecular weight excluding hydrogens is 240 g/mol. The zero-order valence-corrected chi connectivity index (χ0v) is 10.7. The van der Waals surface area contributed by atoms with Crippen LogP contribution >= 0.6 is 0 Å². The Bertz CT molecular complexity index is 435. The van der Waals surface area contributed by atoms with Gasteiger partial charge < -0.3 is 15.5 Å². The molecule has 0 heterocycles. The lowest BCUT2D eigenvalue weighted by atomic mass is 10.1. The van der Waals surface area contributed by atoms with Gasteiger partial charge in [0.2, 0.25) is 0 Å². The molecule has 1 aromatic carbocycles. The summed E-state index contributed by atoms with van der Waals surface area (Å²) < 4.78 is 24.7. The van der Waals surface area contributed by atoms with Gasteiger partial charge in [0, 0.05) is 26.7 Å². The first-order valence-corrected chi connectivity index (χ1v) is 5.43. The molecule has 0 saturated heterocycles. The predicted octanol–water partition coefficient (Wildman–Crippen LogP) is 1.67. The van der Waals surface area contributed by atoms with E-state index >= 15 is 0 Å². The van der Waals surface area contributed by atoms with E-state index in [1.54, 1.807) is 26.2 Å². The van der Waals surface area contributed by atoms with Crippen LogP contribution in [0.4, 0.5) is 20.2 Å². The van der Waals surface area contributed by atoms with Crippen LogP contribution in [-0.2, 0) is 0 Å². The zero-order chi connectivity index (χ0) is 13.9. The van der Waals surface area contributed by atoms with Crippen molar-refractivity contribution in [3.05, 3.63) is 23.8 Å². The second-order valence-electron chi connectivity index (χ2n) is 4.24. The van der Waals surface area contributed by atoms with Gasteiger partial charge in [-0.2, -0.15) is 0 Å². The molecule has 2 N–H and O–H groups in total. The van der Waals surface area contributed by atoms with E-state index in [2.05, 4.69) is 0 Å². The van der Waals surface area contributed by atoms with E-state index in [1.807, 2.05) is 0 Å². The van der Waals surface area contributed by atoms with Crippen molar-refractivity contribution in [1.82, 2.24) is 4.90 Å². The van der Waals surface area contributed by atoms with Gasteiger partial charge in [-0.15, -0.1) is 0 Å². The number of carbonyl (C=O) groups excluding carboxylic acids is 1. The quantitative estimate of drug-likeness (QED) is 0.835. The van der Waals surface area contributed by atoms with Crippen LogP contribution in [0.2, 0.25) is 0 Å². The summed E-state index contributed by atoms with van der Waals surface area (Å²) in [7, 11) is 4.77. The molecule has 0 aliphatic rings. The number of carbonyl (C=O) groups is 1. The van der Waals surface area contributed by atoms with Crippen LogP contribution < -0.4 is 10.6 Å². The summed E-state index contributed by atoms with van der Waals surface area (Å²) in [5.41, 5.74) is 6.95. The van der Waals surface area contributed by atoms with Crippen LogP contribution in [0.3, 0.4) is 0 Å². The smallest absolute Gasteiger partial charge is 0.255 e. The lowest BCUT2D eigenvalue weighted by molar-refractivity contribution is 0.0827. The maximum atomic E-state index is 12.3. The van der Waals surface area contributed by atoms with Crippen molar-refractivity contribution in [3.63, 3.8) is 0 Å². The van der Waals surface area contributed by atoms with Crippen molar-refractivity contribution in [2.75, 3.05) is 38.3 Å². The number of nitrogen functional groups attached to an aromatic ring is 1. The lowest BCUT2D eigenvalue weighted by Crippen LogP contribution is -2.26. The fourth-order valence-corrected chi connectivity index (χ4v) is 1.57. The molecule has 0 spiro atoms. The fourth-order valence-electron chi connectivity index (χ4n) is 1.57. The number of benzene rings is 1. The van der Waals surface area contributed by atoms with Crippen LogP contribution in [0.15, 0.2) is 18.2 Å². The molecule has 0 unspecified atom stereocenters. The predicted molar refractivity (Wildman–Crippen MR) is 68.1 cm³/mol. The van der Waals surface area contributed by atoms with Gasteiger partial charge in [0.25, 0.3) is 12.3 Å². The average molecular weight is 257 g/mol. The Labute approximate surface area is 105 Å². The molecule has 0 fully saturated rings. The Kier molecular flexibility index (Phi) is 4.47. The minimum Gasteiger partial charge on any atom is -0.397 e. The minimum absolute atomic E-state index is 0.193. The number of nitrogens with zero attached hydrogens (tertiary/aromatic N) is 2. The number of anilines is 2. The van der Waals surface area contributed by atoms with E-state index in [0.29, 0.717) is 16.9 Å². The van der Waals surface area contributed by atoms with E-state index in [1.165, 1.54) is 22.9 Å². The molecule has 18 heavy (non-hydrogen) atoms. The summed E-state index contributed by atoms with van der Waals surface area (Å²) >= 11 is 0. The second-order valence-corrected chi connectivity index (χ2v) is 4.24. The molecule has 100 valence electrons. The Morgan fingerprint density at radius 1 is 1.33 bits per heavy atom. The molecule has 0 aliphatic heterocycles. The van der Waals surface area contributed by atoms with Crippen LogP contribution in [0.1, 0.15) is 10.4 Å². The number of alkyl halides is 2. The molecular formula is C12H17F2N3O. The number of hydrogen-bond acceptors (Lipinski definition) is 3. The van der Waals surface area contributed by atoms with Crippen LogP contribution in [-0.4, -0.2) is 44.9 Å². The third kappa shape index (κ3) is 3.32. The summed E-state index contributed by atoms with van der Waals surface area (Å²) in [4.78, 5) is 14.5. The Hall–Kier alpha value is -1.85. The molecule has 0 aromatic heterocycles. The molecule has 1 amide bonds. The van der Waals surface area contributed by atoms with E-state index in [9.17, 15) is 13.6 Å². The molecule has 0 saturated carbocycles. The summed E-state index contributed by atoms with van der Waals surface area (Å²) in [6.07, 6.45) is -2.46. The van der Waals surface area contributed by atoms with Crippen molar-refractivity contribution in [1.29, 1.82) is 0 Å². The highest BCUT2D eigenvalue weighted by molar-refractivity contribution is 5.96. The van der Waals surface area contributed by atoms with Gasteiger partial charge in [-0.05, 0) is 18.2 Å². The van der Waals surface area contributed by atoms with Gasteiger partial charge in [0.05, 0.1) is 17.9 Å². The van der Waals surface area contributed by atoms with Gasteiger partial charge in [0.1, 0.15) is 0 Å². The average Bonchev–Trinajstić information content (AvgIpc) is 2.27. The normalized spacial score (nSPS) is 10.6. The van der Waals surface area contributed by atoms with Gasteiger partial charge in [0.15, 0.2) is 0 Å².